The van der Waals surface area contributed by atoms with Gasteiger partial charge >= 0.3 is 5.69 Å². The summed E-state index contributed by atoms with van der Waals surface area (Å²) in [5, 5.41) is 5.93. The molecule has 2 heterocycles. The fourth-order valence-electron chi connectivity index (χ4n) is 1.89. The zero-order valence-corrected chi connectivity index (χ0v) is 12.3. The van der Waals surface area contributed by atoms with Crippen molar-refractivity contribution in [1.82, 2.24) is 24.7 Å². The molecule has 0 saturated heterocycles. The Hall–Kier alpha value is -2.62. The second-order valence-corrected chi connectivity index (χ2v) is 5.00. The second kappa shape index (κ2) is 5.30. The maximum Gasteiger partial charge on any atom is 0.348 e. The first-order valence-electron chi connectivity index (χ1n) is 5.89. The molecule has 0 fully saturated rings. The van der Waals surface area contributed by atoms with E-state index in [-0.39, 0.29) is 23.0 Å². The quantitative estimate of drug-likeness (QED) is 0.715. The summed E-state index contributed by atoms with van der Waals surface area (Å²) in [7, 11) is 0. The van der Waals surface area contributed by atoms with Gasteiger partial charge in [0, 0.05) is 0 Å². The van der Waals surface area contributed by atoms with Crippen LogP contribution in [0.15, 0.2) is 33.8 Å². The number of aromatic amines is 1. The van der Waals surface area contributed by atoms with Crippen LogP contribution in [0.1, 0.15) is 0 Å². The molecule has 7 nitrogen and oxygen atoms in total. The molecular formula is C12H7BrF2N6O. The van der Waals surface area contributed by atoms with Gasteiger partial charge in [-0.3, -0.25) is 0 Å². The molecule has 112 valence electrons. The second-order valence-electron chi connectivity index (χ2n) is 4.19. The van der Waals surface area contributed by atoms with Gasteiger partial charge in [0.25, 0.3) is 0 Å². The Balaban J connectivity index is 2.31. The normalized spacial score (nSPS) is 10.9. The monoisotopic (exact) mass is 368 g/mol. The van der Waals surface area contributed by atoms with Crippen LogP contribution < -0.4 is 11.4 Å². The Kier molecular flexibility index (Phi) is 3.45. The molecule has 0 spiro atoms. The molecule has 0 unspecified atom stereocenters. The third kappa shape index (κ3) is 2.26. The molecule has 0 amide bonds. The summed E-state index contributed by atoms with van der Waals surface area (Å²) >= 11 is 3.12. The highest BCUT2D eigenvalue weighted by atomic mass is 79.9. The lowest BCUT2D eigenvalue weighted by molar-refractivity contribution is 0.504. The lowest BCUT2D eigenvalue weighted by atomic mass is 10.2. The lowest BCUT2D eigenvalue weighted by Gasteiger charge is -2.08. The van der Waals surface area contributed by atoms with Crippen LogP contribution in [0.4, 0.5) is 14.6 Å². The first-order chi connectivity index (χ1) is 10.5. The molecule has 22 heavy (non-hydrogen) atoms. The van der Waals surface area contributed by atoms with E-state index < -0.39 is 17.3 Å². The largest absolute Gasteiger partial charge is 0.382 e. The van der Waals surface area contributed by atoms with Crippen LogP contribution in [0.3, 0.4) is 0 Å². The molecule has 0 aliphatic carbocycles. The van der Waals surface area contributed by atoms with Crippen molar-refractivity contribution in [2.24, 2.45) is 0 Å². The number of halogens is 3. The Morgan fingerprint density at radius 3 is 2.86 bits per heavy atom. The minimum absolute atomic E-state index is 0.0136. The number of nitrogen functional groups attached to an aromatic ring is 1. The minimum Gasteiger partial charge on any atom is -0.382 e. The van der Waals surface area contributed by atoms with E-state index in [0.717, 1.165) is 10.6 Å². The van der Waals surface area contributed by atoms with Gasteiger partial charge in [0.05, 0.1) is 11.9 Å². The van der Waals surface area contributed by atoms with Crippen LogP contribution in [0, 0.1) is 11.6 Å². The van der Waals surface area contributed by atoms with E-state index in [9.17, 15) is 13.6 Å². The molecule has 2 aromatic heterocycles. The zero-order chi connectivity index (χ0) is 15.9. The number of aromatic nitrogens is 5. The minimum atomic E-state index is -1.19. The van der Waals surface area contributed by atoms with Crippen LogP contribution in [-0.4, -0.2) is 24.7 Å². The predicted octanol–water partition coefficient (Wildman–Crippen LogP) is 1.64. The van der Waals surface area contributed by atoms with Crippen LogP contribution >= 0.6 is 15.9 Å². The molecule has 0 atom stereocenters. The molecule has 0 radical (unpaired) electrons. The Labute approximate surface area is 130 Å². The number of H-pyrrole nitrogens is 1. The number of benzene rings is 1. The van der Waals surface area contributed by atoms with Crippen molar-refractivity contribution >= 4 is 21.7 Å². The predicted molar refractivity (Wildman–Crippen MR) is 77.2 cm³/mol. The number of anilines is 1. The van der Waals surface area contributed by atoms with Gasteiger partial charge in [0.2, 0.25) is 0 Å². The topological polar surface area (TPSA) is 102 Å². The standard InChI is InChI=1S/C12H7BrF2N6O/c13-7-4-17-10(16)9(18-7)11-19-20-12(22)21(11)6-3-1-2-5(14)8(6)15/h1-4H,(H2,16,17)(H,20,22). The Bertz CT molecular complexity index is 922. The van der Waals surface area contributed by atoms with Gasteiger partial charge in [-0.2, -0.15) is 5.10 Å². The smallest absolute Gasteiger partial charge is 0.348 e. The van der Waals surface area contributed by atoms with Crippen LogP contribution in [-0.2, 0) is 0 Å². The van der Waals surface area contributed by atoms with Crippen molar-refractivity contribution in [3.05, 3.63) is 51.1 Å². The van der Waals surface area contributed by atoms with Crippen molar-refractivity contribution in [3.63, 3.8) is 0 Å². The van der Waals surface area contributed by atoms with Crippen molar-refractivity contribution < 1.29 is 8.78 Å². The molecule has 0 bridgehead atoms. The van der Waals surface area contributed by atoms with E-state index in [1.807, 2.05) is 0 Å². The third-order valence-corrected chi connectivity index (χ3v) is 3.21. The number of nitrogens with one attached hydrogen (secondary N) is 1. The van der Waals surface area contributed by atoms with Gasteiger partial charge in [0.1, 0.15) is 4.60 Å². The number of nitrogens with two attached hydrogens (primary N) is 1. The third-order valence-electron chi connectivity index (χ3n) is 2.83. The summed E-state index contributed by atoms with van der Waals surface area (Å²) in [5.41, 5.74) is 4.69. The number of hydrogen-bond acceptors (Lipinski definition) is 5. The molecule has 1 aromatic carbocycles. The molecule has 0 aliphatic rings. The average Bonchev–Trinajstić information content (AvgIpc) is 2.86. The average molecular weight is 369 g/mol. The van der Waals surface area contributed by atoms with Crippen LogP contribution in [0.5, 0.6) is 0 Å². The summed E-state index contributed by atoms with van der Waals surface area (Å²) in [4.78, 5) is 19.9. The summed E-state index contributed by atoms with van der Waals surface area (Å²) in [6, 6.07) is 3.45. The molecule has 0 saturated carbocycles. The molecule has 3 rings (SSSR count). The van der Waals surface area contributed by atoms with Gasteiger partial charge in [-0.1, -0.05) is 6.07 Å². The number of nitrogens with zero attached hydrogens (tertiary/aromatic N) is 4. The van der Waals surface area contributed by atoms with Crippen molar-refractivity contribution in [1.29, 1.82) is 0 Å². The number of rotatable bonds is 2. The Morgan fingerprint density at radius 2 is 2.09 bits per heavy atom. The Morgan fingerprint density at radius 1 is 1.32 bits per heavy atom. The van der Waals surface area contributed by atoms with Crippen molar-refractivity contribution in [2.45, 2.75) is 0 Å². The van der Waals surface area contributed by atoms with Crippen molar-refractivity contribution in [2.75, 3.05) is 5.73 Å². The first kappa shape index (κ1) is 14.3. The van der Waals surface area contributed by atoms with E-state index in [4.69, 9.17) is 5.73 Å². The van der Waals surface area contributed by atoms with Crippen molar-refractivity contribution in [3.8, 4) is 17.2 Å². The highest BCUT2D eigenvalue weighted by Crippen LogP contribution is 2.24. The molecule has 3 N–H and O–H groups in total. The van der Waals surface area contributed by atoms with E-state index >= 15 is 0 Å². The highest BCUT2D eigenvalue weighted by molar-refractivity contribution is 9.10. The van der Waals surface area contributed by atoms with E-state index in [1.54, 1.807) is 0 Å². The maximum absolute atomic E-state index is 14.0. The van der Waals surface area contributed by atoms with E-state index in [1.165, 1.54) is 18.3 Å². The van der Waals surface area contributed by atoms with Gasteiger partial charge in [-0.05, 0) is 28.1 Å². The summed E-state index contributed by atoms with van der Waals surface area (Å²) in [6.45, 7) is 0. The van der Waals surface area contributed by atoms with Crippen LogP contribution in [0.25, 0.3) is 17.2 Å². The highest BCUT2D eigenvalue weighted by Gasteiger charge is 2.21. The SMILES string of the molecule is Nc1ncc(Br)nc1-c1n[nH]c(=O)n1-c1cccc(F)c1F. The summed E-state index contributed by atoms with van der Waals surface area (Å²) in [5.74, 6) is -2.38. The lowest BCUT2D eigenvalue weighted by Crippen LogP contribution is -2.18. The fraction of sp³-hybridized carbons (Fsp3) is 0. The molecular weight excluding hydrogens is 362 g/mol. The molecule has 10 heteroatoms. The van der Waals surface area contributed by atoms with Gasteiger partial charge in [-0.25, -0.2) is 33.2 Å². The molecule has 0 aliphatic heterocycles. The van der Waals surface area contributed by atoms with Crippen LogP contribution in [0.2, 0.25) is 0 Å². The van der Waals surface area contributed by atoms with Gasteiger partial charge in [0.15, 0.2) is 29.0 Å². The van der Waals surface area contributed by atoms with Gasteiger partial charge in [-0.15, -0.1) is 0 Å². The molecule has 3 aromatic rings. The summed E-state index contributed by atoms with van der Waals surface area (Å²) < 4.78 is 28.6. The zero-order valence-electron chi connectivity index (χ0n) is 10.7. The fourth-order valence-corrected chi connectivity index (χ4v) is 2.17. The first-order valence-corrected chi connectivity index (χ1v) is 6.68. The van der Waals surface area contributed by atoms with E-state index in [0.29, 0.717) is 4.60 Å². The van der Waals surface area contributed by atoms with Gasteiger partial charge < -0.3 is 5.73 Å². The maximum atomic E-state index is 14.0. The summed E-state index contributed by atoms with van der Waals surface area (Å²) in [6.07, 6.45) is 1.36. The number of hydrogen-bond donors (Lipinski definition) is 2. The van der Waals surface area contributed by atoms with E-state index in [2.05, 4.69) is 36.1 Å².